The Bertz CT molecular complexity index is 570. The number of hydrogen-bond acceptors (Lipinski definition) is 4. The topological polar surface area (TPSA) is 56.5 Å². The normalized spacial score (nSPS) is 10.1. The van der Waals surface area contributed by atoms with Gasteiger partial charge in [0.2, 0.25) is 0 Å². The number of aryl methyl sites for hydroxylation is 1. The Morgan fingerprint density at radius 1 is 1.10 bits per heavy atom. The fourth-order valence-corrected chi connectivity index (χ4v) is 1.89. The van der Waals surface area contributed by atoms with Gasteiger partial charge in [-0.3, -0.25) is 0 Å². The van der Waals surface area contributed by atoms with Gasteiger partial charge in [0.05, 0.1) is 18.5 Å². The molecule has 0 unspecified atom stereocenters. The SMILES string of the molecule is COc1ccc(NCCOc2cccc(C)c2)c(N)c1. The summed E-state index contributed by atoms with van der Waals surface area (Å²) in [7, 11) is 1.62. The Morgan fingerprint density at radius 2 is 1.95 bits per heavy atom. The summed E-state index contributed by atoms with van der Waals surface area (Å²) in [5, 5.41) is 3.24. The van der Waals surface area contributed by atoms with Gasteiger partial charge in [-0.25, -0.2) is 0 Å². The van der Waals surface area contributed by atoms with E-state index in [1.165, 1.54) is 5.56 Å². The lowest BCUT2D eigenvalue weighted by Crippen LogP contribution is -2.12. The van der Waals surface area contributed by atoms with Crippen molar-refractivity contribution in [3.05, 3.63) is 48.0 Å². The van der Waals surface area contributed by atoms with Gasteiger partial charge in [0.15, 0.2) is 0 Å². The minimum Gasteiger partial charge on any atom is -0.497 e. The number of nitrogens with one attached hydrogen (secondary N) is 1. The van der Waals surface area contributed by atoms with E-state index in [0.29, 0.717) is 18.8 Å². The highest BCUT2D eigenvalue weighted by Gasteiger charge is 2.00. The number of hydrogen-bond donors (Lipinski definition) is 2. The molecule has 0 saturated heterocycles. The van der Waals surface area contributed by atoms with Crippen molar-refractivity contribution in [2.75, 3.05) is 31.3 Å². The molecule has 20 heavy (non-hydrogen) atoms. The van der Waals surface area contributed by atoms with E-state index in [-0.39, 0.29) is 0 Å². The lowest BCUT2D eigenvalue weighted by molar-refractivity contribution is 0.332. The Morgan fingerprint density at radius 3 is 2.65 bits per heavy atom. The zero-order chi connectivity index (χ0) is 14.4. The zero-order valence-electron chi connectivity index (χ0n) is 11.8. The van der Waals surface area contributed by atoms with Crippen molar-refractivity contribution in [2.24, 2.45) is 0 Å². The first-order valence-corrected chi connectivity index (χ1v) is 6.56. The molecule has 0 saturated carbocycles. The van der Waals surface area contributed by atoms with Crippen LogP contribution in [0.1, 0.15) is 5.56 Å². The molecule has 106 valence electrons. The highest BCUT2D eigenvalue weighted by atomic mass is 16.5. The monoisotopic (exact) mass is 272 g/mol. The molecule has 0 aliphatic rings. The molecule has 0 spiro atoms. The molecule has 0 atom stereocenters. The van der Waals surface area contributed by atoms with Gasteiger partial charge in [-0.15, -0.1) is 0 Å². The molecule has 0 heterocycles. The maximum Gasteiger partial charge on any atom is 0.121 e. The van der Waals surface area contributed by atoms with Crippen molar-refractivity contribution in [1.82, 2.24) is 0 Å². The van der Waals surface area contributed by atoms with Crippen LogP contribution >= 0.6 is 0 Å². The molecule has 0 radical (unpaired) electrons. The van der Waals surface area contributed by atoms with Crippen LogP contribution in [0.2, 0.25) is 0 Å². The fourth-order valence-electron chi connectivity index (χ4n) is 1.89. The van der Waals surface area contributed by atoms with Gasteiger partial charge in [-0.2, -0.15) is 0 Å². The van der Waals surface area contributed by atoms with Gasteiger partial charge < -0.3 is 20.5 Å². The molecule has 4 heteroatoms. The van der Waals surface area contributed by atoms with Crippen LogP contribution in [0.5, 0.6) is 11.5 Å². The standard InChI is InChI=1S/C16H20N2O2/c1-12-4-3-5-14(10-12)20-9-8-18-16-7-6-13(19-2)11-15(16)17/h3-7,10-11,18H,8-9,17H2,1-2H3. The molecule has 2 aromatic rings. The molecule has 0 fully saturated rings. The lowest BCUT2D eigenvalue weighted by Gasteiger charge is -2.11. The number of benzene rings is 2. The van der Waals surface area contributed by atoms with Crippen LogP contribution in [-0.2, 0) is 0 Å². The van der Waals surface area contributed by atoms with Gasteiger partial charge in [0.25, 0.3) is 0 Å². The summed E-state index contributed by atoms with van der Waals surface area (Å²) >= 11 is 0. The Kier molecular flexibility index (Phi) is 4.71. The highest BCUT2D eigenvalue weighted by Crippen LogP contribution is 2.23. The Balaban J connectivity index is 1.81. The van der Waals surface area contributed by atoms with Crippen molar-refractivity contribution in [3.63, 3.8) is 0 Å². The molecule has 0 bridgehead atoms. The molecular formula is C16H20N2O2. The van der Waals surface area contributed by atoms with E-state index in [9.17, 15) is 0 Å². The zero-order valence-corrected chi connectivity index (χ0v) is 11.8. The van der Waals surface area contributed by atoms with Crippen LogP contribution in [0, 0.1) is 6.92 Å². The number of nitrogens with two attached hydrogens (primary N) is 1. The number of methoxy groups -OCH3 is 1. The summed E-state index contributed by atoms with van der Waals surface area (Å²) in [6, 6.07) is 13.6. The van der Waals surface area contributed by atoms with E-state index in [1.807, 2.05) is 43.3 Å². The van der Waals surface area contributed by atoms with Crippen molar-refractivity contribution in [1.29, 1.82) is 0 Å². The summed E-state index contributed by atoms with van der Waals surface area (Å²) in [5.41, 5.74) is 8.67. The maximum atomic E-state index is 5.93. The highest BCUT2D eigenvalue weighted by molar-refractivity contribution is 5.68. The van der Waals surface area contributed by atoms with Crippen LogP contribution in [0.3, 0.4) is 0 Å². The quantitative estimate of drug-likeness (QED) is 0.627. The number of rotatable bonds is 6. The third kappa shape index (κ3) is 3.82. The number of anilines is 2. The molecule has 2 rings (SSSR count). The minimum atomic E-state index is 0.578. The molecule has 2 aromatic carbocycles. The fraction of sp³-hybridized carbons (Fsp3) is 0.250. The molecule has 0 aromatic heterocycles. The van der Waals surface area contributed by atoms with Crippen LogP contribution in [0.4, 0.5) is 11.4 Å². The van der Waals surface area contributed by atoms with Crippen LogP contribution in [0.15, 0.2) is 42.5 Å². The van der Waals surface area contributed by atoms with E-state index < -0.39 is 0 Å². The van der Waals surface area contributed by atoms with Crippen LogP contribution in [0.25, 0.3) is 0 Å². The van der Waals surface area contributed by atoms with Crippen molar-refractivity contribution < 1.29 is 9.47 Å². The predicted molar refractivity (Wildman–Crippen MR) is 82.6 cm³/mol. The molecule has 4 nitrogen and oxygen atoms in total. The Hall–Kier alpha value is -2.36. The second kappa shape index (κ2) is 6.70. The van der Waals surface area contributed by atoms with E-state index in [2.05, 4.69) is 5.32 Å². The van der Waals surface area contributed by atoms with Gasteiger partial charge in [-0.1, -0.05) is 12.1 Å². The second-order valence-electron chi connectivity index (χ2n) is 4.54. The second-order valence-corrected chi connectivity index (χ2v) is 4.54. The summed E-state index contributed by atoms with van der Waals surface area (Å²) in [6.07, 6.45) is 0. The number of nitrogen functional groups attached to an aromatic ring is 1. The first kappa shape index (κ1) is 14.1. The average Bonchev–Trinajstić information content (AvgIpc) is 2.45. The van der Waals surface area contributed by atoms with E-state index in [4.69, 9.17) is 15.2 Å². The molecular weight excluding hydrogens is 252 g/mol. The smallest absolute Gasteiger partial charge is 0.121 e. The Labute approximate surface area is 119 Å². The predicted octanol–water partition coefficient (Wildman–Crippen LogP) is 3.08. The number of ether oxygens (including phenoxy) is 2. The van der Waals surface area contributed by atoms with Gasteiger partial charge in [0.1, 0.15) is 18.1 Å². The van der Waals surface area contributed by atoms with Gasteiger partial charge in [-0.05, 0) is 36.8 Å². The average molecular weight is 272 g/mol. The first-order chi connectivity index (χ1) is 9.69. The third-order valence-electron chi connectivity index (χ3n) is 2.93. The van der Waals surface area contributed by atoms with E-state index in [1.54, 1.807) is 13.2 Å². The first-order valence-electron chi connectivity index (χ1n) is 6.56. The van der Waals surface area contributed by atoms with Gasteiger partial charge in [0, 0.05) is 12.6 Å². The van der Waals surface area contributed by atoms with Crippen molar-refractivity contribution >= 4 is 11.4 Å². The third-order valence-corrected chi connectivity index (χ3v) is 2.93. The molecule has 0 aliphatic heterocycles. The summed E-state index contributed by atoms with van der Waals surface area (Å²) in [5.74, 6) is 1.64. The summed E-state index contributed by atoms with van der Waals surface area (Å²) in [6.45, 7) is 3.31. The summed E-state index contributed by atoms with van der Waals surface area (Å²) < 4.78 is 10.8. The molecule has 0 aliphatic carbocycles. The van der Waals surface area contributed by atoms with Crippen molar-refractivity contribution in [2.45, 2.75) is 6.92 Å². The maximum absolute atomic E-state index is 5.93. The van der Waals surface area contributed by atoms with Crippen LogP contribution < -0.4 is 20.5 Å². The largest absolute Gasteiger partial charge is 0.497 e. The van der Waals surface area contributed by atoms with E-state index in [0.717, 1.165) is 17.2 Å². The van der Waals surface area contributed by atoms with Gasteiger partial charge >= 0.3 is 0 Å². The lowest BCUT2D eigenvalue weighted by atomic mass is 10.2. The molecule has 3 N–H and O–H groups in total. The van der Waals surface area contributed by atoms with E-state index >= 15 is 0 Å². The molecule has 0 amide bonds. The van der Waals surface area contributed by atoms with Crippen molar-refractivity contribution in [3.8, 4) is 11.5 Å². The summed E-state index contributed by atoms with van der Waals surface area (Å²) in [4.78, 5) is 0. The van der Waals surface area contributed by atoms with Crippen LogP contribution in [-0.4, -0.2) is 20.3 Å². The minimum absolute atomic E-state index is 0.578.